The van der Waals surface area contributed by atoms with E-state index in [1.807, 2.05) is 48.7 Å². The number of benzene rings is 2. The van der Waals surface area contributed by atoms with E-state index in [0.717, 1.165) is 40.6 Å². The van der Waals surface area contributed by atoms with Crippen LogP contribution in [0.25, 0.3) is 10.9 Å². The fraction of sp³-hybridized carbons (Fsp3) is 0.250. The molecule has 0 aliphatic heterocycles. The number of hydrogen-bond donors (Lipinski definition) is 2. The zero-order chi connectivity index (χ0) is 16.6. The van der Waals surface area contributed by atoms with Gasteiger partial charge in [-0.1, -0.05) is 30.3 Å². The molecular formula is C20H20N2O2. The first-order valence-corrected chi connectivity index (χ1v) is 8.21. The largest absolute Gasteiger partial charge is 0.497 e. The molecule has 1 saturated carbocycles. The van der Waals surface area contributed by atoms with Crippen LogP contribution < -0.4 is 10.1 Å². The molecule has 0 bridgehead atoms. The number of amides is 1. The van der Waals surface area contributed by atoms with Gasteiger partial charge in [-0.25, -0.2) is 0 Å². The molecule has 4 nitrogen and oxygen atoms in total. The number of aromatic amines is 1. The molecule has 1 fully saturated rings. The summed E-state index contributed by atoms with van der Waals surface area (Å²) in [5, 5.41) is 4.25. The Morgan fingerprint density at radius 3 is 2.62 bits per heavy atom. The molecule has 0 radical (unpaired) electrons. The number of H-pyrrole nitrogens is 1. The van der Waals surface area contributed by atoms with Gasteiger partial charge in [0.15, 0.2) is 0 Å². The third-order valence-corrected chi connectivity index (χ3v) is 4.90. The number of aromatic nitrogens is 1. The molecule has 4 rings (SSSR count). The van der Waals surface area contributed by atoms with Crippen LogP contribution in [0.5, 0.6) is 5.75 Å². The van der Waals surface area contributed by atoms with Gasteiger partial charge in [-0.3, -0.25) is 4.79 Å². The van der Waals surface area contributed by atoms with Gasteiger partial charge in [0.1, 0.15) is 5.75 Å². The maximum Gasteiger partial charge on any atom is 0.231 e. The molecule has 1 aromatic heterocycles. The zero-order valence-corrected chi connectivity index (χ0v) is 13.6. The Balaban J connectivity index is 1.51. The monoisotopic (exact) mass is 320 g/mol. The molecule has 2 N–H and O–H groups in total. The van der Waals surface area contributed by atoms with Crippen molar-refractivity contribution in [2.75, 3.05) is 7.11 Å². The zero-order valence-electron chi connectivity index (χ0n) is 13.6. The quantitative estimate of drug-likeness (QED) is 0.755. The highest BCUT2D eigenvalue weighted by molar-refractivity contribution is 5.97. The minimum Gasteiger partial charge on any atom is -0.497 e. The summed E-state index contributed by atoms with van der Waals surface area (Å²) < 4.78 is 5.16. The Labute approximate surface area is 140 Å². The van der Waals surface area contributed by atoms with E-state index in [4.69, 9.17) is 4.74 Å². The molecule has 122 valence electrons. The molecule has 0 saturated heterocycles. The average molecular weight is 320 g/mol. The van der Waals surface area contributed by atoms with Gasteiger partial charge in [0, 0.05) is 23.6 Å². The lowest BCUT2D eigenvalue weighted by atomic mass is 9.94. The van der Waals surface area contributed by atoms with Gasteiger partial charge in [-0.15, -0.1) is 0 Å². The van der Waals surface area contributed by atoms with Crippen molar-refractivity contribution in [3.8, 4) is 5.75 Å². The fourth-order valence-corrected chi connectivity index (χ4v) is 3.31. The second kappa shape index (κ2) is 5.71. The number of fused-ring (bicyclic) bond motifs is 1. The van der Waals surface area contributed by atoms with Crippen molar-refractivity contribution in [1.29, 1.82) is 0 Å². The highest BCUT2D eigenvalue weighted by Crippen LogP contribution is 2.50. The maximum atomic E-state index is 12.8. The van der Waals surface area contributed by atoms with Gasteiger partial charge in [0.25, 0.3) is 0 Å². The van der Waals surface area contributed by atoms with Crippen molar-refractivity contribution in [3.63, 3.8) is 0 Å². The van der Waals surface area contributed by atoms with Crippen LogP contribution in [0, 0.1) is 0 Å². The lowest BCUT2D eigenvalue weighted by Crippen LogP contribution is -2.34. The standard InChI is InChI=1S/C20H20N2O2/c1-24-15-8-6-14(7-9-15)12-22-19(23)20(10-11-20)17-13-21-18-5-3-2-4-16(17)18/h2-9,13,21H,10-12H2,1H3,(H,22,23). The van der Waals surface area contributed by atoms with Crippen molar-refractivity contribution in [2.24, 2.45) is 0 Å². The summed E-state index contributed by atoms with van der Waals surface area (Å²) in [5.74, 6) is 0.936. The number of hydrogen-bond acceptors (Lipinski definition) is 2. The summed E-state index contributed by atoms with van der Waals surface area (Å²) in [6, 6.07) is 15.9. The summed E-state index contributed by atoms with van der Waals surface area (Å²) in [5.41, 5.74) is 2.90. The van der Waals surface area contributed by atoms with E-state index in [1.54, 1.807) is 7.11 Å². The minimum atomic E-state index is -0.369. The van der Waals surface area contributed by atoms with E-state index in [0.29, 0.717) is 6.54 Å². The van der Waals surface area contributed by atoms with Gasteiger partial charge in [-0.2, -0.15) is 0 Å². The topological polar surface area (TPSA) is 54.1 Å². The van der Waals surface area contributed by atoms with Crippen molar-refractivity contribution >= 4 is 16.8 Å². The number of rotatable bonds is 5. The smallest absolute Gasteiger partial charge is 0.231 e. The van der Waals surface area contributed by atoms with Crippen LogP contribution in [0.4, 0.5) is 0 Å². The summed E-state index contributed by atoms with van der Waals surface area (Å²) in [4.78, 5) is 16.1. The molecule has 4 heteroatoms. The molecule has 2 aromatic carbocycles. The van der Waals surface area contributed by atoms with Crippen LogP contribution in [0.15, 0.2) is 54.7 Å². The van der Waals surface area contributed by atoms with E-state index < -0.39 is 0 Å². The number of methoxy groups -OCH3 is 1. The van der Waals surface area contributed by atoms with Gasteiger partial charge >= 0.3 is 0 Å². The Morgan fingerprint density at radius 2 is 1.92 bits per heavy atom. The molecule has 1 aliphatic rings. The molecule has 0 atom stereocenters. The van der Waals surface area contributed by atoms with E-state index in [9.17, 15) is 4.79 Å². The molecule has 1 aliphatic carbocycles. The number of ether oxygens (including phenoxy) is 1. The molecule has 1 heterocycles. The van der Waals surface area contributed by atoms with Crippen molar-refractivity contribution < 1.29 is 9.53 Å². The summed E-state index contributed by atoms with van der Waals surface area (Å²) in [7, 11) is 1.65. The van der Waals surface area contributed by atoms with E-state index in [-0.39, 0.29) is 11.3 Å². The van der Waals surface area contributed by atoms with Gasteiger partial charge in [0.05, 0.1) is 12.5 Å². The highest BCUT2D eigenvalue weighted by atomic mass is 16.5. The first kappa shape index (κ1) is 14.8. The highest BCUT2D eigenvalue weighted by Gasteiger charge is 2.52. The van der Waals surface area contributed by atoms with Gasteiger partial charge in [-0.05, 0) is 42.2 Å². The fourth-order valence-electron chi connectivity index (χ4n) is 3.31. The Hall–Kier alpha value is -2.75. The summed E-state index contributed by atoms with van der Waals surface area (Å²) in [6.45, 7) is 0.535. The Morgan fingerprint density at radius 1 is 1.17 bits per heavy atom. The van der Waals surface area contributed by atoms with Crippen LogP contribution in [0.1, 0.15) is 24.0 Å². The van der Waals surface area contributed by atoms with E-state index in [2.05, 4.69) is 16.4 Å². The van der Waals surface area contributed by atoms with Crippen molar-refractivity contribution in [2.45, 2.75) is 24.8 Å². The molecule has 1 amide bonds. The number of nitrogens with one attached hydrogen (secondary N) is 2. The Kier molecular flexibility index (Phi) is 3.53. The lowest BCUT2D eigenvalue weighted by molar-refractivity contribution is -0.123. The average Bonchev–Trinajstić information content (AvgIpc) is 3.33. The maximum absolute atomic E-state index is 12.8. The Bertz CT molecular complexity index is 876. The van der Waals surface area contributed by atoms with Crippen LogP contribution in [0.3, 0.4) is 0 Å². The van der Waals surface area contributed by atoms with Crippen LogP contribution in [0.2, 0.25) is 0 Å². The molecule has 0 spiro atoms. The second-order valence-electron chi connectivity index (χ2n) is 6.36. The van der Waals surface area contributed by atoms with Crippen molar-refractivity contribution in [1.82, 2.24) is 10.3 Å². The molecule has 3 aromatic rings. The van der Waals surface area contributed by atoms with Gasteiger partial charge < -0.3 is 15.0 Å². The molecule has 24 heavy (non-hydrogen) atoms. The van der Waals surface area contributed by atoms with Crippen LogP contribution in [-0.2, 0) is 16.8 Å². The number of para-hydroxylation sites is 1. The minimum absolute atomic E-state index is 0.114. The summed E-state index contributed by atoms with van der Waals surface area (Å²) >= 11 is 0. The first-order valence-electron chi connectivity index (χ1n) is 8.21. The van der Waals surface area contributed by atoms with Crippen LogP contribution >= 0.6 is 0 Å². The molecule has 0 unspecified atom stereocenters. The number of carbonyl (C=O) groups is 1. The normalized spacial score (nSPS) is 15.2. The third kappa shape index (κ3) is 2.44. The second-order valence-corrected chi connectivity index (χ2v) is 6.36. The van der Waals surface area contributed by atoms with Crippen molar-refractivity contribution in [3.05, 3.63) is 65.9 Å². The van der Waals surface area contributed by atoms with E-state index in [1.165, 1.54) is 0 Å². The predicted octanol–water partition coefficient (Wildman–Crippen LogP) is 3.52. The number of carbonyl (C=O) groups excluding carboxylic acids is 1. The van der Waals surface area contributed by atoms with E-state index >= 15 is 0 Å². The lowest BCUT2D eigenvalue weighted by Gasteiger charge is -2.15. The summed E-state index contributed by atoms with van der Waals surface area (Å²) in [6.07, 6.45) is 3.80. The molecular weight excluding hydrogens is 300 g/mol. The first-order chi connectivity index (χ1) is 11.7. The van der Waals surface area contributed by atoms with Crippen LogP contribution in [-0.4, -0.2) is 18.0 Å². The van der Waals surface area contributed by atoms with Gasteiger partial charge in [0.2, 0.25) is 5.91 Å². The predicted molar refractivity (Wildman–Crippen MR) is 94.1 cm³/mol. The SMILES string of the molecule is COc1ccc(CNC(=O)C2(c3c[nH]c4ccccc34)CC2)cc1. The third-order valence-electron chi connectivity index (χ3n) is 4.90.